The molecule has 164 valence electrons. The molecule has 0 fully saturated rings. The van der Waals surface area contributed by atoms with E-state index in [0.717, 1.165) is 5.56 Å². The number of amides is 1. The Morgan fingerprint density at radius 3 is 2.68 bits per heavy atom. The summed E-state index contributed by atoms with van der Waals surface area (Å²) in [5.41, 5.74) is 0.960. The minimum absolute atomic E-state index is 0.0137. The fourth-order valence-electron chi connectivity index (χ4n) is 2.88. The van der Waals surface area contributed by atoms with Crippen LogP contribution in [-0.2, 0) is 21.1 Å². The Kier molecular flexibility index (Phi) is 7.59. The van der Waals surface area contributed by atoms with Gasteiger partial charge < -0.3 is 10.6 Å². The van der Waals surface area contributed by atoms with Crippen molar-refractivity contribution in [3.05, 3.63) is 65.8 Å². The van der Waals surface area contributed by atoms with Gasteiger partial charge in [0, 0.05) is 37.7 Å². The summed E-state index contributed by atoms with van der Waals surface area (Å²) in [5, 5.41) is 6.14. The molecule has 0 radical (unpaired) electrons. The molecular weight excluding hydrogens is 440 g/mol. The molecule has 1 unspecified atom stereocenters. The van der Waals surface area contributed by atoms with E-state index < -0.39 is 15.9 Å². The Morgan fingerprint density at radius 2 is 2.00 bits per heavy atom. The molecule has 0 saturated heterocycles. The number of rotatable bonds is 10. The molecule has 2 N–H and O–H groups in total. The van der Waals surface area contributed by atoms with Gasteiger partial charge in [-0.15, -0.1) is 0 Å². The first kappa shape index (κ1) is 22.7. The monoisotopic (exact) mass is 462 g/mol. The van der Waals surface area contributed by atoms with Gasteiger partial charge in [-0.2, -0.15) is 4.98 Å². The van der Waals surface area contributed by atoms with E-state index in [2.05, 4.69) is 25.6 Å². The van der Waals surface area contributed by atoms with Crippen LogP contribution in [0.25, 0.3) is 5.95 Å². The summed E-state index contributed by atoms with van der Waals surface area (Å²) in [4.78, 5) is 25.4. The maximum atomic E-state index is 12.9. The van der Waals surface area contributed by atoms with Crippen LogP contribution < -0.4 is 10.6 Å². The second-order valence-corrected chi connectivity index (χ2v) is 9.65. The summed E-state index contributed by atoms with van der Waals surface area (Å²) >= 11 is 6.15. The average molecular weight is 463 g/mol. The van der Waals surface area contributed by atoms with Crippen molar-refractivity contribution in [1.29, 1.82) is 0 Å². The van der Waals surface area contributed by atoms with Crippen molar-refractivity contribution in [2.75, 3.05) is 23.9 Å². The van der Waals surface area contributed by atoms with E-state index in [1.807, 2.05) is 30.3 Å². The van der Waals surface area contributed by atoms with Crippen molar-refractivity contribution in [3.63, 3.8) is 0 Å². The summed E-state index contributed by atoms with van der Waals surface area (Å²) in [6.07, 6.45) is 6.75. The number of carbonyl (C=O) groups is 1. The van der Waals surface area contributed by atoms with Crippen LogP contribution in [0.3, 0.4) is 0 Å². The van der Waals surface area contributed by atoms with Crippen molar-refractivity contribution < 1.29 is 13.2 Å². The molecule has 0 bridgehead atoms. The maximum absolute atomic E-state index is 12.9. The molecule has 9 nitrogen and oxygen atoms in total. The third kappa shape index (κ3) is 7.34. The number of imidazole rings is 1. The second kappa shape index (κ2) is 10.4. The van der Waals surface area contributed by atoms with Crippen LogP contribution in [0.2, 0.25) is 5.15 Å². The van der Waals surface area contributed by atoms with E-state index >= 15 is 0 Å². The quantitative estimate of drug-likeness (QED) is 0.349. The van der Waals surface area contributed by atoms with E-state index in [1.54, 1.807) is 23.3 Å². The first-order valence-corrected chi connectivity index (χ1v) is 12.0. The lowest BCUT2D eigenvalue weighted by atomic mass is 10.1. The lowest BCUT2D eigenvalue weighted by Crippen LogP contribution is -2.42. The zero-order chi connectivity index (χ0) is 22.3. The summed E-state index contributed by atoms with van der Waals surface area (Å²) in [5.74, 6) is 0.451. The number of anilines is 1. The van der Waals surface area contributed by atoms with Crippen LogP contribution in [0.15, 0.2) is 55.1 Å². The number of carbonyl (C=O) groups excluding carboxylic acids is 1. The largest absolute Gasteiger partial charge is 0.358 e. The Bertz CT molecular complexity index is 1110. The predicted molar refractivity (Wildman–Crippen MR) is 119 cm³/mol. The number of hydrogen-bond donors (Lipinski definition) is 2. The Hall–Kier alpha value is -2.98. The number of hydrogen-bond acceptors (Lipinski definition) is 7. The van der Waals surface area contributed by atoms with Gasteiger partial charge in [-0.05, 0) is 12.0 Å². The topological polar surface area (TPSA) is 119 Å². The third-order valence-corrected chi connectivity index (χ3v) is 5.55. The van der Waals surface area contributed by atoms with Crippen molar-refractivity contribution in [2.24, 2.45) is 0 Å². The standard InChI is InChI=1S/C20H23ClN6O3S/c1-31(29,30)11-5-8-23-19(28)16(12-15-6-3-2-4-7-15)24-18-13-17(21)25-20(26-18)27-10-9-22-14-27/h2-4,6-7,9-10,13-14,16H,5,8,11-12H2,1H3,(H,23,28)(H,24,25,26). The lowest BCUT2D eigenvalue weighted by molar-refractivity contribution is -0.121. The maximum Gasteiger partial charge on any atom is 0.242 e. The van der Waals surface area contributed by atoms with Gasteiger partial charge in [-0.3, -0.25) is 9.36 Å². The fourth-order valence-corrected chi connectivity index (χ4v) is 3.73. The smallest absolute Gasteiger partial charge is 0.242 e. The van der Waals surface area contributed by atoms with E-state index in [-0.39, 0.29) is 23.4 Å². The van der Waals surface area contributed by atoms with Crippen molar-refractivity contribution in [3.8, 4) is 5.95 Å². The fraction of sp³-hybridized carbons (Fsp3) is 0.300. The minimum atomic E-state index is -3.08. The molecule has 0 saturated carbocycles. The molecule has 0 aliphatic rings. The van der Waals surface area contributed by atoms with E-state index in [1.165, 1.54) is 12.3 Å². The molecule has 1 amide bonds. The highest BCUT2D eigenvalue weighted by Gasteiger charge is 2.20. The van der Waals surface area contributed by atoms with E-state index in [0.29, 0.717) is 24.6 Å². The molecule has 0 aliphatic heterocycles. The third-order valence-electron chi connectivity index (χ3n) is 4.33. The number of halogens is 1. The predicted octanol–water partition coefficient (Wildman–Crippen LogP) is 1.89. The van der Waals surface area contributed by atoms with Gasteiger partial charge in [0.2, 0.25) is 11.9 Å². The van der Waals surface area contributed by atoms with Crippen molar-refractivity contribution in [1.82, 2.24) is 24.8 Å². The number of nitrogens with one attached hydrogen (secondary N) is 2. The molecule has 2 aromatic heterocycles. The Morgan fingerprint density at radius 1 is 1.23 bits per heavy atom. The summed E-state index contributed by atoms with van der Waals surface area (Å²) in [6, 6.07) is 10.4. The molecule has 31 heavy (non-hydrogen) atoms. The highest BCUT2D eigenvalue weighted by molar-refractivity contribution is 7.90. The number of sulfone groups is 1. The SMILES string of the molecule is CS(=O)(=O)CCCNC(=O)C(Cc1ccccc1)Nc1cc(Cl)nc(-n2ccnc2)n1. The Labute approximate surface area is 185 Å². The normalized spacial score (nSPS) is 12.3. The Balaban J connectivity index is 1.75. The van der Waals surface area contributed by atoms with Crippen LogP contribution in [0, 0.1) is 0 Å². The van der Waals surface area contributed by atoms with Crippen LogP contribution >= 0.6 is 11.6 Å². The lowest BCUT2D eigenvalue weighted by Gasteiger charge is -2.19. The molecule has 3 rings (SSSR count). The van der Waals surface area contributed by atoms with Crippen molar-refractivity contribution in [2.45, 2.75) is 18.9 Å². The summed E-state index contributed by atoms with van der Waals surface area (Å²) < 4.78 is 24.2. The molecule has 2 heterocycles. The van der Waals surface area contributed by atoms with Crippen LogP contribution in [-0.4, -0.2) is 58.4 Å². The van der Waals surface area contributed by atoms with Gasteiger partial charge in [-0.25, -0.2) is 18.4 Å². The first-order valence-electron chi connectivity index (χ1n) is 9.59. The minimum Gasteiger partial charge on any atom is -0.358 e. The van der Waals surface area contributed by atoms with E-state index in [9.17, 15) is 13.2 Å². The molecular formula is C20H23ClN6O3S. The van der Waals surface area contributed by atoms with Gasteiger partial charge in [0.05, 0.1) is 5.75 Å². The van der Waals surface area contributed by atoms with Crippen molar-refractivity contribution >= 4 is 33.2 Å². The molecule has 11 heteroatoms. The molecule has 3 aromatic rings. The molecule has 0 aliphatic carbocycles. The van der Waals surface area contributed by atoms with Crippen LogP contribution in [0.5, 0.6) is 0 Å². The first-order chi connectivity index (χ1) is 14.8. The summed E-state index contributed by atoms with van der Waals surface area (Å²) in [6.45, 7) is 0.254. The number of benzene rings is 1. The number of nitrogens with zero attached hydrogens (tertiary/aromatic N) is 4. The summed E-state index contributed by atoms with van der Waals surface area (Å²) in [7, 11) is -3.08. The van der Waals surface area contributed by atoms with E-state index in [4.69, 9.17) is 11.6 Å². The zero-order valence-corrected chi connectivity index (χ0v) is 18.5. The van der Waals surface area contributed by atoms with Gasteiger partial charge in [0.1, 0.15) is 33.2 Å². The van der Waals surface area contributed by atoms with Gasteiger partial charge in [0.15, 0.2) is 0 Å². The van der Waals surface area contributed by atoms with Gasteiger partial charge in [-0.1, -0.05) is 41.9 Å². The van der Waals surface area contributed by atoms with Crippen LogP contribution in [0.1, 0.15) is 12.0 Å². The van der Waals surface area contributed by atoms with Gasteiger partial charge >= 0.3 is 0 Å². The number of aromatic nitrogens is 4. The average Bonchev–Trinajstić information content (AvgIpc) is 3.25. The zero-order valence-electron chi connectivity index (χ0n) is 16.9. The highest BCUT2D eigenvalue weighted by Crippen LogP contribution is 2.16. The molecule has 0 spiro atoms. The molecule has 1 aromatic carbocycles. The van der Waals surface area contributed by atoms with Crippen LogP contribution in [0.4, 0.5) is 5.82 Å². The van der Waals surface area contributed by atoms with Gasteiger partial charge in [0.25, 0.3) is 0 Å². The molecule has 1 atom stereocenters. The second-order valence-electron chi connectivity index (χ2n) is 7.01. The highest BCUT2D eigenvalue weighted by atomic mass is 35.5.